The lowest BCUT2D eigenvalue weighted by atomic mass is 9.79. The Labute approximate surface area is 274 Å². The van der Waals surface area contributed by atoms with Crippen molar-refractivity contribution in [2.45, 2.75) is 19.3 Å². The van der Waals surface area contributed by atoms with Crippen LogP contribution in [-0.2, 0) is 5.41 Å². The van der Waals surface area contributed by atoms with Gasteiger partial charge < -0.3 is 0 Å². The van der Waals surface area contributed by atoms with Crippen molar-refractivity contribution in [1.82, 2.24) is 15.0 Å². The summed E-state index contributed by atoms with van der Waals surface area (Å²) in [6.07, 6.45) is 1.83. The quantitative estimate of drug-likeness (QED) is 0.197. The van der Waals surface area contributed by atoms with E-state index in [1.54, 1.807) is 0 Å². The molecule has 0 atom stereocenters. The second kappa shape index (κ2) is 11.3. The summed E-state index contributed by atoms with van der Waals surface area (Å²) in [7, 11) is 0. The molecule has 0 fully saturated rings. The molecule has 0 amide bonds. The molecule has 4 heteroatoms. The third-order valence-corrected chi connectivity index (χ3v) is 9.14. The summed E-state index contributed by atoms with van der Waals surface area (Å²) in [4.78, 5) is 14.8. The lowest BCUT2D eigenvalue weighted by Gasteiger charge is -2.23. The molecule has 0 saturated heterocycles. The fourth-order valence-corrected chi connectivity index (χ4v) is 6.85. The van der Waals surface area contributed by atoms with Crippen LogP contribution in [0.15, 0.2) is 146 Å². The molecule has 0 spiro atoms. The van der Waals surface area contributed by atoms with Crippen LogP contribution in [0.5, 0.6) is 0 Å². The highest BCUT2D eigenvalue weighted by atomic mass is 14.9. The fourth-order valence-electron chi connectivity index (χ4n) is 6.85. The van der Waals surface area contributed by atoms with Crippen LogP contribution in [0.25, 0.3) is 67.4 Å². The maximum absolute atomic E-state index is 9.94. The molecule has 5 aromatic carbocycles. The molecule has 0 radical (unpaired) electrons. The largest absolute Gasteiger partial charge is 0.256 e. The van der Waals surface area contributed by atoms with Crippen LogP contribution in [0.3, 0.4) is 0 Å². The Morgan fingerprint density at radius 1 is 0.511 bits per heavy atom. The molecule has 1 aliphatic rings. The Kier molecular flexibility index (Phi) is 6.82. The van der Waals surface area contributed by atoms with Crippen molar-refractivity contribution in [2.75, 3.05) is 0 Å². The number of hydrogen-bond acceptors (Lipinski definition) is 4. The Balaban J connectivity index is 1.33. The van der Waals surface area contributed by atoms with Gasteiger partial charge >= 0.3 is 0 Å². The van der Waals surface area contributed by atoms with Crippen molar-refractivity contribution in [3.63, 3.8) is 0 Å². The molecule has 2 heterocycles. The first-order chi connectivity index (χ1) is 23.0. The van der Waals surface area contributed by atoms with Gasteiger partial charge in [-0.2, -0.15) is 5.26 Å². The van der Waals surface area contributed by atoms with Gasteiger partial charge in [0.2, 0.25) is 0 Å². The van der Waals surface area contributed by atoms with E-state index in [2.05, 4.69) is 80.6 Å². The average Bonchev–Trinajstić information content (AvgIpc) is 3.38. The molecule has 0 saturated carbocycles. The normalized spacial score (nSPS) is 12.6. The molecule has 47 heavy (non-hydrogen) atoms. The minimum Gasteiger partial charge on any atom is -0.256 e. The zero-order chi connectivity index (χ0) is 32.0. The van der Waals surface area contributed by atoms with E-state index in [-0.39, 0.29) is 5.41 Å². The van der Waals surface area contributed by atoms with Crippen LogP contribution in [0.2, 0.25) is 0 Å². The smallest absolute Gasteiger partial charge is 0.160 e. The molecule has 8 rings (SSSR count). The Morgan fingerprint density at radius 3 is 1.87 bits per heavy atom. The number of hydrogen-bond donors (Lipinski definition) is 0. The SMILES string of the molecule is CC1(C)c2cc(-c3cc(-c4ccccn4)cc(-c4cc(-c5ccccc5)nc(-c5ccccc5)n4)c3)ccc2-c2cccc(C#N)c21. The predicted molar refractivity (Wildman–Crippen MR) is 189 cm³/mol. The van der Waals surface area contributed by atoms with Crippen molar-refractivity contribution in [3.8, 4) is 73.5 Å². The zero-order valence-electron chi connectivity index (χ0n) is 26.1. The van der Waals surface area contributed by atoms with Crippen molar-refractivity contribution in [2.24, 2.45) is 0 Å². The second-order valence-corrected chi connectivity index (χ2v) is 12.4. The number of pyridine rings is 1. The molecule has 2 aromatic heterocycles. The first-order valence-corrected chi connectivity index (χ1v) is 15.8. The van der Waals surface area contributed by atoms with E-state index < -0.39 is 0 Å². The molecule has 0 aliphatic heterocycles. The fraction of sp³-hybridized carbons (Fsp3) is 0.0698. The first kappa shape index (κ1) is 28.3. The zero-order valence-corrected chi connectivity index (χ0v) is 26.1. The van der Waals surface area contributed by atoms with E-state index in [0.717, 1.165) is 67.2 Å². The van der Waals surface area contributed by atoms with Crippen molar-refractivity contribution in [3.05, 3.63) is 162 Å². The van der Waals surface area contributed by atoms with Crippen molar-refractivity contribution >= 4 is 0 Å². The van der Waals surface area contributed by atoms with E-state index in [0.29, 0.717) is 5.82 Å². The second-order valence-electron chi connectivity index (χ2n) is 12.4. The predicted octanol–water partition coefficient (Wildman–Crippen LogP) is 10.4. The highest BCUT2D eigenvalue weighted by Gasteiger charge is 2.37. The van der Waals surface area contributed by atoms with Gasteiger partial charge in [-0.05, 0) is 81.9 Å². The first-order valence-electron chi connectivity index (χ1n) is 15.8. The van der Waals surface area contributed by atoms with Crippen LogP contribution < -0.4 is 0 Å². The molecular weight excluding hydrogens is 573 g/mol. The summed E-state index contributed by atoms with van der Waals surface area (Å²) in [5, 5.41) is 9.94. The van der Waals surface area contributed by atoms with Gasteiger partial charge in [0, 0.05) is 33.9 Å². The molecule has 1 aliphatic carbocycles. The van der Waals surface area contributed by atoms with E-state index in [1.807, 2.05) is 85.1 Å². The van der Waals surface area contributed by atoms with E-state index in [4.69, 9.17) is 15.0 Å². The van der Waals surface area contributed by atoms with Crippen LogP contribution in [0, 0.1) is 11.3 Å². The summed E-state index contributed by atoms with van der Waals surface area (Å²) in [5.74, 6) is 0.678. The summed E-state index contributed by atoms with van der Waals surface area (Å²) in [6, 6.07) is 50.2. The Bertz CT molecular complexity index is 2260. The van der Waals surface area contributed by atoms with Gasteiger partial charge in [-0.1, -0.05) is 105 Å². The number of aromatic nitrogens is 3. The molecule has 0 N–H and O–H groups in total. The maximum atomic E-state index is 9.94. The van der Waals surface area contributed by atoms with Crippen LogP contribution in [0.4, 0.5) is 0 Å². The topological polar surface area (TPSA) is 62.5 Å². The molecule has 4 nitrogen and oxygen atoms in total. The Hall–Kier alpha value is -6.18. The maximum Gasteiger partial charge on any atom is 0.160 e. The third kappa shape index (κ3) is 4.99. The van der Waals surface area contributed by atoms with Gasteiger partial charge in [0.25, 0.3) is 0 Å². The Morgan fingerprint density at radius 2 is 1.17 bits per heavy atom. The molecule has 7 aromatic rings. The van der Waals surface area contributed by atoms with Gasteiger partial charge in [0.15, 0.2) is 5.82 Å². The minimum atomic E-state index is -0.309. The van der Waals surface area contributed by atoms with Crippen molar-refractivity contribution in [1.29, 1.82) is 5.26 Å². The summed E-state index contributed by atoms with van der Waals surface area (Å²) in [6.45, 7) is 4.43. The summed E-state index contributed by atoms with van der Waals surface area (Å²) in [5.41, 5.74) is 13.8. The van der Waals surface area contributed by atoms with E-state index in [1.165, 1.54) is 11.1 Å². The summed E-state index contributed by atoms with van der Waals surface area (Å²) < 4.78 is 0. The standard InChI is InChI=1S/C43H30N4/c1-43(2)37-25-30(19-20-35(37)36-17-11-16-31(27-44)41(36)43)32-22-33(38-18-9-10-21-45-38)24-34(23-32)40-26-39(28-12-5-3-6-13-28)46-42(47-40)29-14-7-4-8-15-29/h3-26H,1-2H3. The number of benzene rings is 5. The summed E-state index contributed by atoms with van der Waals surface area (Å²) >= 11 is 0. The minimum absolute atomic E-state index is 0.309. The molecule has 222 valence electrons. The van der Waals surface area contributed by atoms with Crippen LogP contribution in [0.1, 0.15) is 30.5 Å². The highest BCUT2D eigenvalue weighted by Crippen LogP contribution is 2.51. The van der Waals surface area contributed by atoms with E-state index in [9.17, 15) is 5.26 Å². The van der Waals surface area contributed by atoms with Crippen molar-refractivity contribution < 1.29 is 0 Å². The third-order valence-electron chi connectivity index (χ3n) is 9.14. The van der Waals surface area contributed by atoms with Crippen LogP contribution >= 0.6 is 0 Å². The number of nitriles is 1. The molecule has 0 unspecified atom stereocenters. The van der Waals surface area contributed by atoms with Gasteiger partial charge in [-0.25, -0.2) is 9.97 Å². The molecular formula is C43H30N4. The highest BCUT2D eigenvalue weighted by molar-refractivity contribution is 5.87. The van der Waals surface area contributed by atoms with Gasteiger partial charge in [0.05, 0.1) is 28.7 Å². The van der Waals surface area contributed by atoms with Gasteiger partial charge in [-0.15, -0.1) is 0 Å². The lowest BCUT2D eigenvalue weighted by Crippen LogP contribution is -2.16. The molecule has 0 bridgehead atoms. The lowest BCUT2D eigenvalue weighted by molar-refractivity contribution is 0.658. The van der Waals surface area contributed by atoms with E-state index >= 15 is 0 Å². The monoisotopic (exact) mass is 602 g/mol. The number of rotatable bonds is 5. The average molecular weight is 603 g/mol. The van der Waals surface area contributed by atoms with Crippen LogP contribution in [-0.4, -0.2) is 15.0 Å². The van der Waals surface area contributed by atoms with Gasteiger partial charge in [-0.3, -0.25) is 4.98 Å². The van der Waals surface area contributed by atoms with Gasteiger partial charge in [0.1, 0.15) is 0 Å². The number of nitrogens with zero attached hydrogens (tertiary/aromatic N) is 4. The number of fused-ring (bicyclic) bond motifs is 3.